The molecule has 1 fully saturated rings. The van der Waals surface area contributed by atoms with Crippen molar-refractivity contribution < 1.29 is 12.8 Å². The van der Waals surface area contributed by atoms with E-state index in [4.69, 9.17) is 0 Å². The van der Waals surface area contributed by atoms with Gasteiger partial charge in [-0.05, 0) is 56.6 Å². The Hall–Kier alpha value is -0.980. The molecule has 1 heterocycles. The lowest BCUT2D eigenvalue weighted by molar-refractivity contribution is 0.334. The highest BCUT2D eigenvalue weighted by Gasteiger charge is 2.13. The molecule has 0 radical (unpaired) electrons. The fraction of sp³-hybridized carbons (Fsp3) is 0.571. The average molecular weight is 300 g/mol. The number of halogens is 1. The summed E-state index contributed by atoms with van der Waals surface area (Å²) in [5.74, 6) is -0.457. The monoisotopic (exact) mass is 300 g/mol. The summed E-state index contributed by atoms with van der Waals surface area (Å²) < 4.78 is 39.1. The number of benzene rings is 1. The van der Waals surface area contributed by atoms with Crippen LogP contribution in [0.2, 0.25) is 0 Å². The Morgan fingerprint density at radius 1 is 1.15 bits per heavy atom. The first kappa shape index (κ1) is 15.4. The first-order valence-electron chi connectivity index (χ1n) is 6.99. The summed E-state index contributed by atoms with van der Waals surface area (Å²) in [4.78, 5) is 2.36. The van der Waals surface area contributed by atoms with Crippen molar-refractivity contribution in [3.8, 4) is 0 Å². The molecule has 1 N–H and O–H groups in total. The largest absolute Gasteiger partial charge is 0.303 e. The van der Waals surface area contributed by atoms with Gasteiger partial charge in [0.1, 0.15) is 5.82 Å². The fourth-order valence-electron chi connectivity index (χ4n) is 2.39. The van der Waals surface area contributed by atoms with E-state index in [0.717, 1.165) is 26.1 Å². The van der Waals surface area contributed by atoms with Gasteiger partial charge in [-0.25, -0.2) is 17.5 Å². The molecule has 0 bridgehead atoms. The SMILES string of the molecule is O=S(=O)(Cc1ccc(F)cc1)NCCCN1CCCC1. The molecule has 0 aliphatic carbocycles. The van der Waals surface area contributed by atoms with Gasteiger partial charge in [0.25, 0.3) is 0 Å². The molecule has 1 saturated heterocycles. The van der Waals surface area contributed by atoms with Crippen LogP contribution in [-0.2, 0) is 15.8 Å². The van der Waals surface area contributed by atoms with Crippen molar-refractivity contribution >= 4 is 10.0 Å². The van der Waals surface area contributed by atoms with Crippen LogP contribution in [0.1, 0.15) is 24.8 Å². The standard InChI is InChI=1S/C14H21FN2O2S/c15-14-6-4-13(5-7-14)12-20(18,19)16-8-3-11-17-9-1-2-10-17/h4-7,16H,1-3,8-12H2. The Bertz CT molecular complexity index is 510. The van der Waals surface area contributed by atoms with E-state index in [9.17, 15) is 12.8 Å². The molecule has 1 aromatic carbocycles. The second kappa shape index (κ2) is 7.15. The summed E-state index contributed by atoms with van der Waals surface area (Å²) in [5, 5.41) is 0. The van der Waals surface area contributed by atoms with Gasteiger partial charge in [0.15, 0.2) is 0 Å². The van der Waals surface area contributed by atoms with Gasteiger partial charge in [0.2, 0.25) is 10.0 Å². The molecule has 0 aromatic heterocycles. The fourth-order valence-corrected chi connectivity index (χ4v) is 3.58. The number of nitrogens with one attached hydrogen (secondary N) is 1. The molecular weight excluding hydrogens is 279 g/mol. The Kier molecular flexibility index (Phi) is 5.51. The predicted molar refractivity (Wildman–Crippen MR) is 77.3 cm³/mol. The molecule has 0 atom stereocenters. The van der Waals surface area contributed by atoms with Crippen LogP contribution in [0.15, 0.2) is 24.3 Å². The topological polar surface area (TPSA) is 49.4 Å². The second-order valence-corrected chi connectivity index (χ2v) is 6.99. The number of nitrogens with zero attached hydrogens (tertiary/aromatic N) is 1. The van der Waals surface area contributed by atoms with Crippen LogP contribution in [-0.4, -0.2) is 39.5 Å². The minimum atomic E-state index is -3.33. The zero-order valence-electron chi connectivity index (χ0n) is 11.5. The minimum Gasteiger partial charge on any atom is -0.303 e. The quantitative estimate of drug-likeness (QED) is 0.780. The van der Waals surface area contributed by atoms with Crippen molar-refractivity contribution in [3.63, 3.8) is 0 Å². The van der Waals surface area contributed by atoms with Crippen LogP contribution >= 0.6 is 0 Å². The summed E-state index contributed by atoms with van der Waals surface area (Å²) in [5.41, 5.74) is 0.596. The molecular formula is C14H21FN2O2S. The van der Waals surface area contributed by atoms with Crippen molar-refractivity contribution in [2.45, 2.75) is 25.0 Å². The third-order valence-corrected chi connectivity index (χ3v) is 4.80. The van der Waals surface area contributed by atoms with E-state index in [1.807, 2.05) is 0 Å². The molecule has 1 aliphatic heterocycles. The molecule has 2 rings (SSSR count). The summed E-state index contributed by atoms with van der Waals surface area (Å²) >= 11 is 0. The molecule has 4 nitrogen and oxygen atoms in total. The normalized spacial score (nSPS) is 16.6. The van der Waals surface area contributed by atoms with Crippen LogP contribution in [0, 0.1) is 5.82 Å². The van der Waals surface area contributed by atoms with Crippen molar-refractivity contribution in [1.82, 2.24) is 9.62 Å². The summed E-state index contributed by atoms with van der Waals surface area (Å²) in [7, 11) is -3.33. The highest BCUT2D eigenvalue weighted by molar-refractivity contribution is 7.88. The van der Waals surface area contributed by atoms with E-state index in [2.05, 4.69) is 9.62 Å². The van der Waals surface area contributed by atoms with E-state index in [1.165, 1.54) is 37.1 Å². The lowest BCUT2D eigenvalue weighted by Crippen LogP contribution is -2.29. The Labute approximate surface area is 120 Å². The maximum absolute atomic E-state index is 12.7. The van der Waals surface area contributed by atoms with Crippen LogP contribution < -0.4 is 4.72 Å². The van der Waals surface area contributed by atoms with Gasteiger partial charge in [-0.2, -0.15) is 0 Å². The molecule has 0 spiro atoms. The number of hydrogen-bond acceptors (Lipinski definition) is 3. The van der Waals surface area contributed by atoms with Crippen LogP contribution in [0.3, 0.4) is 0 Å². The maximum Gasteiger partial charge on any atom is 0.215 e. The molecule has 1 aliphatic rings. The average Bonchev–Trinajstić information content (AvgIpc) is 2.90. The number of rotatable bonds is 7. The summed E-state index contributed by atoms with van der Waals surface area (Å²) in [6.45, 7) is 3.66. The number of likely N-dealkylation sites (tertiary alicyclic amines) is 1. The van der Waals surface area contributed by atoms with Crippen LogP contribution in [0.25, 0.3) is 0 Å². The number of hydrogen-bond donors (Lipinski definition) is 1. The third-order valence-electron chi connectivity index (χ3n) is 3.44. The summed E-state index contributed by atoms with van der Waals surface area (Å²) in [6, 6.07) is 5.55. The predicted octanol–water partition coefficient (Wildman–Crippen LogP) is 1.73. The van der Waals surface area contributed by atoms with Gasteiger partial charge >= 0.3 is 0 Å². The van der Waals surface area contributed by atoms with E-state index in [0.29, 0.717) is 12.1 Å². The zero-order valence-corrected chi connectivity index (χ0v) is 12.3. The minimum absolute atomic E-state index is 0.100. The van der Waals surface area contributed by atoms with Crippen molar-refractivity contribution in [1.29, 1.82) is 0 Å². The van der Waals surface area contributed by atoms with Gasteiger partial charge in [-0.3, -0.25) is 0 Å². The Morgan fingerprint density at radius 2 is 1.80 bits per heavy atom. The van der Waals surface area contributed by atoms with Gasteiger partial charge in [-0.1, -0.05) is 12.1 Å². The molecule has 0 saturated carbocycles. The van der Waals surface area contributed by atoms with Gasteiger partial charge < -0.3 is 4.90 Å². The van der Waals surface area contributed by atoms with Crippen LogP contribution in [0.4, 0.5) is 4.39 Å². The summed E-state index contributed by atoms with van der Waals surface area (Å²) in [6.07, 6.45) is 3.31. The van der Waals surface area contributed by atoms with Crippen LogP contribution in [0.5, 0.6) is 0 Å². The van der Waals surface area contributed by atoms with Gasteiger partial charge in [-0.15, -0.1) is 0 Å². The first-order valence-corrected chi connectivity index (χ1v) is 8.64. The van der Waals surface area contributed by atoms with Crippen molar-refractivity contribution in [2.75, 3.05) is 26.2 Å². The highest BCUT2D eigenvalue weighted by Crippen LogP contribution is 2.08. The van der Waals surface area contributed by atoms with Gasteiger partial charge in [0.05, 0.1) is 5.75 Å². The lowest BCUT2D eigenvalue weighted by Gasteiger charge is -2.14. The smallest absolute Gasteiger partial charge is 0.215 e. The van der Waals surface area contributed by atoms with E-state index in [-0.39, 0.29) is 11.6 Å². The van der Waals surface area contributed by atoms with Crippen molar-refractivity contribution in [2.24, 2.45) is 0 Å². The van der Waals surface area contributed by atoms with E-state index < -0.39 is 10.0 Å². The molecule has 20 heavy (non-hydrogen) atoms. The van der Waals surface area contributed by atoms with Crippen molar-refractivity contribution in [3.05, 3.63) is 35.6 Å². The first-order chi connectivity index (χ1) is 9.55. The zero-order chi connectivity index (χ0) is 14.4. The van der Waals surface area contributed by atoms with E-state index >= 15 is 0 Å². The highest BCUT2D eigenvalue weighted by atomic mass is 32.2. The lowest BCUT2D eigenvalue weighted by atomic mass is 10.2. The second-order valence-electron chi connectivity index (χ2n) is 5.18. The molecule has 112 valence electrons. The molecule has 1 aromatic rings. The van der Waals surface area contributed by atoms with E-state index in [1.54, 1.807) is 0 Å². The Balaban J connectivity index is 1.71. The molecule has 0 unspecified atom stereocenters. The Morgan fingerprint density at radius 3 is 2.45 bits per heavy atom. The molecule has 6 heteroatoms. The molecule has 0 amide bonds. The maximum atomic E-state index is 12.7. The third kappa shape index (κ3) is 5.19. The number of sulfonamides is 1. The van der Waals surface area contributed by atoms with Gasteiger partial charge in [0, 0.05) is 6.54 Å².